The Hall–Kier alpha value is -0.280. The van der Waals surface area contributed by atoms with Gasteiger partial charge in [0.05, 0.1) is 5.41 Å². The van der Waals surface area contributed by atoms with Crippen molar-refractivity contribution in [2.75, 3.05) is 19.6 Å². The first kappa shape index (κ1) is 15.3. The van der Waals surface area contributed by atoms with Crippen molar-refractivity contribution in [3.8, 4) is 0 Å². The van der Waals surface area contributed by atoms with Gasteiger partial charge < -0.3 is 4.74 Å². The van der Waals surface area contributed by atoms with Crippen molar-refractivity contribution >= 4 is 18.4 Å². The quantitative estimate of drug-likeness (QED) is 0.730. The molecule has 7 fully saturated rings. The van der Waals surface area contributed by atoms with Crippen LogP contribution in [0, 0.1) is 29.1 Å². The number of rotatable bonds is 2. The smallest absolute Gasteiger partial charge is 0.312 e. The van der Waals surface area contributed by atoms with E-state index in [9.17, 15) is 4.79 Å². The van der Waals surface area contributed by atoms with Gasteiger partial charge in [0, 0.05) is 6.54 Å². The number of fused-ring (bicyclic) bond motifs is 3. The van der Waals surface area contributed by atoms with Crippen LogP contribution in [0.15, 0.2) is 0 Å². The van der Waals surface area contributed by atoms with Gasteiger partial charge in [-0.2, -0.15) is 0 Å². The number of carbonyl (C=O) groups is 1. The lowest BCUT2D eigenvalue weighted by atomic mass is 9.49. The predicted octanol–water partition coefficient (Wildman–Crippen LogP) is 3.26. The van der Waals surface area contributed by atoms with Crippen molar-refractivity contribution in [2.45, 2.75) is 57.5 Å². The zero-order valence-corrected chi connectivity index (χ0v) is 14.2. The Morgan fingerprint density at radius 1 is 0.955 bits per heavy atom. The molecular formula is C18H28ClNO2. The van der Waals surface area contributed by atoms with Gasteiger partial charge in [0.15, 0.2) is 0 Å². The van der Waals surface area contributed by atoms with Gasteiger partial charge in [0.2, 0.25) is 0 Å². The Morgan fingerprint density at radius 3 is 1.95 bits per heavy atom. The van der Waals surface area contributed by atoms with Crippen molar-refractivity contribution in [3.05, 3.63) is 0 Å². The zero-order valence-electron chi connectivity index (χ0n) is 13.3. The molecule has 3 saturated heterocycles. The summed E-state index contributed by atoms with van der Waals surface area (Å²) in [6.07, 6.45) is 10.3. The third kappa shape index (κ3) is 2.31. The summed E-state index contributed by atoms with van der Waals surface area (Å²) in [5.41, 5.74) is -0.0687. The fourth-order valence-electron chi connectivity index (χ4n) is 6.67. The summed E-state index contributed by atoms with van der Waals surface area (Å²) in [5, 5.41) is 0. The van der Waals surface area contributed by atoms with Crippen molar-refractivity contribution in [2.24, 2.45) is 29.1 Å². The van der Waals surface area contributed by atoms with Crippen molar-refractivity contribution < 1.29 is 9.53 Å². The Bertz CT molecular complexity index is 423. The number of hydrogen-bond acceptors (Lipinski definition) is 3. The molecule has 0 aromatic rings. The minimum atomic E-state index is -0.0687. The Labute approximate surface area is 139 Å². The van der Waals surface area contributed by atoms with E-state index >= 15 is 0 Å². The summed E-state index contributed by atoms with van der Waals surface area (Å²) >= 11 is 0. The van der Waals surface area contributed by atoms with E-state index in [1.165, 1.54) is 45.2 Å². The molecule has 1 atom stereocenters. The number of carbonyl (C=O) groups excluding carboxylic acids is 1. The van der Waals surface area contributed by atoms with E-state index in [1.807, 2.05) is 0 Å². The topological polar surface area (TPSA) is 29.5 Å². The minimum Gasteiger partial charge on any atom is -0.460 e. The predicted molar refractivity (Wildman–Crippen MR) is 86.9 cm³/mol. The summed E-state index contributed by atoms with van der Waals surface area (Å²) < 4.78 is 6.13. The van der Waals surface area contributed by atoms with Gasteiger partial charge in [-0.1, -0.05) is 0 Å². The summed E-state index contributed by atoms with van der Waals surface area (Å²) in [6.45, 7) is 3.44. The van der Waals surface area contributed by atoms with E-state index in [-0.39, 0.29) is 29.9 Å². The zero-order chi connectivity index (χ0) is 14.0. The molecule has 0 aromatic carbocycles. The van der Waals surface area contributed by atoms with Crippen LogP contribution in [0.25, 0.3) is 0 Å². The normalized spacial score (nSPS) is 51.5. The molecule has 22 heavy (non-hydrogen) atoms. The first-order valence-electron chi connectivity index (χ1n) is 9.14. The fourth-order valence-corrected chi connectivity index (χ4v) is 6.67. The maximum absolute atomic E-state index is 13.0. The molecule has 7 aliphatic rings. The van der Waals surface area contributed by atoms with E-state index in [0.29, 0.717) is 5.92 Å². The Balaban J connectivity index is 0.00000125. The van der Waals surface area contributed by atoms with E-state index < -0.39 is 0 Å². The lowest BCUT2D eigenvalue weighted by Gasteiger charge is -2.55. The fraction of sp³-hybridized carbons (Fsp3) is 0.944. The second-order valence-electron chi connectivity index (χ2n) is 8.78. The van der Waals surface area contributed by atoms with E-state index in [4.69, 9.17) is 4.74 Å². The highest BCUT2D eigenvalue weighted by atomic mass is 35.5. The molecular weight excluding hydrogens is 298 g/mol. The maximum Gasteiger partial charge on any atom is 0.312 e. The van der Waals surface area contributed by atoms with Gasteiger partial charge in [-0.05, 0) is 88.1 Å². The van der Waals surface area contributed by atoms with Crippen LogP contribution in [0.2, 0.25) is 0 Å². The summed E-state index contributed by atoms with van der Waals surface area (Å²) in [5.74, 6) is 3.33. The number of ether oxygens (including phenoxy) is 1. The molecule has 1 unspecified atom stereocenters. The van der Waals surface area contributed by atoms with Crippen molar-refractivity contribution in [1.82, 2.24) is 4.90 Å². The van der Waals surface area contributed by atoms with Crippen LogP contribution < -0.4 is 0 Å². The lowest BCUT2D eigenvalue weighted by Crippen LogP contribution is -2.55. The van der Waals surface area contributed by atoms with Gasteiger partial charge in [-0.25, -0.2) is 0 Å². The van der Waals surface area contributed by atoms with Gasteiger partial charge >= 0.3 is 5.97 Å². The number of halogens is 1. The Kier molecular flexibility index (Phi) is 3.73. The third-order valence-corrected chi connectivity index (χ3v) is 7.33. The summed E-state index contributed by atoms with van der Waals surface area (Å²) in [6, 6.07) is 0. The van der Waals surface area contributed by atoms with Crippen LogP contribution in [0.1, 0.15) is 51.4 Å². The molecule has 4 aliphatic carbocycles. The van der Waals surface area contributed by atoms with Crippen molar-refractivity contribution in [1.29, 1.82) is 0 Å². The van der Waals surface area contributed by atoms with Crippen LogP contribution in [-0.2, 0) is 9.53 Å². The summed E-state index contributed by atoms with van der Waals surface area (Å²) in [7, 11) is 0. The van der Waals surface area contributed by atoms with Crippen LogP contribution in [0.5, 0.6) is 0 Å². The standard InChI is InChI=1S/C18H27NO2.ClH/c20-17(21-16-11-19-3-1-15(16)2-4-19)18-8-12-5-13(9-18)7-14(6-12)10-18;/h12-16H,1-11H2;1H. The highest BCUT2D eigenvalue weighted by molar-refractivity contribution is 5.85. The molecule has 0 radical (unpaired) electrons. The monoisotopic (exact) mass is 325 g/mol. The van der Waals surface area contributed by atoms with Crippen LogP contribution >= 0.6 is 12.4 Å². The average molecular weight is 326 g/mol. The molecule has 7 rings (SSSR count). The largest absolute Gasteiger partial charge is 0.460 e. The molecule has 4 saturated carbocycles. The minimum absolute atomic E-state index is 0. The van der Waals surface area contributed by atoms with Crippen LogP contribution in [-0.4, -0.2) is 36.6 Å². The SMILES string of the molecule is Cl.O=C(OC1CN2CCC1CC2)C12CC3CC(CC(C3)C1)C2. The average Bonchev–Trinajstić information content (AvgIpc) is 2.47. The third-order valence-electron chi connectivity index (χ3n) is 7.33. The number of piperidine rings is 3. The molecule has 0 N–H and O–H groups in total. The second-order valence-corrected chi connectivity index (χ2v) is 8.78. The molecule has 0 aromatic heterocycles. The first-order valence-corrected chi connectivity index (χ1v) is 9.14. The highest BCUT2D eigenvalue weighted by Crippen LogP contribution is 2.60. The molecule has 3 nitrogen and oxygen atoms in total. The molecule has 0 spiro atoms. The van der Waals surface area contributed by atoms with E-state index in [0.717, 1.165) is 43.6 Å². The molecule has 124 valence electrons. The van der Waals surface area contributed by atoms with Gasteiger partial charge in [0.1, 0.15) is 6.10 Å². The van der Waals surface area contributed by atoms with Crippen LogP contribution in [0.3, 0.4) is 0 Å². The van der Waals surface area contributed by atoms with Crippen molar-refractivity contribution in [3.63, 3.8) is 0 Å². The number of hydrogen-bond donors (Lipinski definition) is 0. The molecule has 3 aliphatic heterocycles. The van der Waals surface area contributed by atoms with Gasteiger partial charge in [-0.3, -0.25) is 9.69 Å². The lowest BCUT2D eigenvalue weighted by molar-refractivity contribution is -0.185. The van der Waals surface area contributed by atoms with Gasteiger partial charge in [0.25, 0.3) is 0 Å². The number of esters is 1. The molecule has 4 heteroatoms. The number of nitrogens with zero attached hydrogens (tertiary/aromatic N) is 1. The summed E-state index contributed by atoms with van der Waals surface area (Å²) in [4.78, 5) is 15.5. The van der Waals surface area contributed by atoms with Crippen LogP contribution in [0.4, 0.5) is 0 Å². The van der Waals surface area contributed by atoms with Gasteiger partial charge in [-0.15, -0.1) is 12.4 Å². The Morgan fingerprint density at radius 2 is 1.50 bits per heavy atom. The highest BCUT2D eigenvalue weighted by Gasteiger charge is 2.56. The second kappa shape index (κ2) is 5.37. The molecule has 3 heterocycles. The molecule has 0 amide bonds. The molecule has 6 bridgehead atoms. The van der Waals surface area contributed by atoms with E-state index in [2.05, 4.69) is 4.90 Å². The maximum atomic E-state index is 13.0. The first-order chi connectivity index (χ1) is 10.2. The van der Waals surface area contributed by atoms with E-state index in [1.54, 1.807) is 0 Å².